The Morgan fingerprint density at radius 2 is 1.73 bits per heavy atom. The molecule has 9 nitrogen and oxygen atoms in total. The Labute approximate surface area is 213 Å². The first kappa shape index (κ1) is 24.7. The lowest BCUT2D eigenvalue weighted by Gasteiger charge is -2.24. The van der Waals surface area contributed by atoms with Crippen molar-refractivity contribution >= 4 is 33.4 Å². The van der Waals surface area contributed by atoms with Crippen LogP contribution in [0.15, 0.2) is 77.7 Å². The highest BCUT2D eigenvalue weighted by molar-refractivity contribution is 7.89. The van der Waals surface area contributed by atoms with Crippen LogP contribution in [-0.4, -0.2) is 54.7 Å². The number of Topliss-reactive ketones (excluding diaryl/α,β-unsaturated/α-hetero) is 1. The summed E-state index contributed by atoms with van der Waals surface area (Å²) < 4.78 is 34.2. The molecule has 2 heterocycles. The van der Waals surface area contributed by atoms with E-state index in [0.29, 0.717) is 36.4 Å². The van der Waals surface area contributed by atoms with Gasteiger partial charge in [0.25, 0.3) is 11.7 Å². The van der Waals surface area contributed by atoms with E-state index in [1.54, 1.807) is 12.1 Å². The maximum Gasteiger partial charge on any atom is 0.335 e. The summed E-state index contributed by atoms with van der Waals surface area (Å²) in [6.07, 6.45) is 1.35. The van der Waals surface area contributed by atoms with Crippen LogP contribution in [0.5, 0.6) is 5.75 Å². The number of hydrogen-bond acceptors (Lipinski definition) is 6. The number of ketones is 1. The standard InChI is InChI=1S/C27H24N2O7S/c30-25-23-15-22(37(34,35)29-14-4-5-20(29)17-36-21-6-2-1-3-7-21)12-13-24(23)28(26(25)31)16-18-8-10-19(11-9-18)27(32)33/h1-3,6-13,15,20H,4-5,14,16-17H2,(H,32,33). The molecule has 2 aliphatic rings. The lowest BCUT2D eigenvalue weighted by Crippen LogP contribution is -2.39. The molecule has 0 radical (unpaired) electrons. The van der Waals surface area contributed by atoms with Gasteiger partial charge in [-0.3, -0.25) is 9.59 Å². The van der Waals surface area contributed by atoms with Crippen LogP contribution >= 0.6 is 0 Å². The number of para-hydroxylation sites is 1. The van der Waals surface area contributed by atoms with Gasteiger partial charge < -0.3 is 14.7 Å². The summed E-state index contributed by atoms with van der Waals surface area (Å²) in [4.78, 5) is 37.8. The second-order valence-electron chi connectivity index (χ2n) is 8.94. The van der Waals surface area contributed by atoms with E-state index in [1.165, 1.54) is 39.5 Å². The maximum absolute atomic E-state index is 13.5. The molecule has 190 valence electrons. The van der Waals surface area contributed by atoms with E-state index in [-0.39, 0.29) is 35.2 Å². The number of amides is 1. The first-order valence-electron chi connectivity index (χ1n) is 11.8. The Morgan fingerprint density at radius 3 is 2.43 bits per heavy atom. The van der Waals surface area contributed by atoms with Gasteiger partial charge in [0.15, 0.2) is 0 Å². The van der Waals surface area contributed by atoms with Gasteiger partial charge in [0.05, 0.1) is 34.3 Å². The monoisotopic (exact) mass is 520 g/mol. The van der Waals surface area contributed by atoms with Crippen molar-refractivity contribution in [3.05, 3.63) is 89.5 Å². The summed E-state index contributed by atoms with van der Waals surface area (Å²) in [6, 6.07) is 19.0. The van der Waals surface area contributed by atoms with Gasteiger partial charge in [-0.25, -0.2) is 13.2 Å². The van der Waals surface area contributed by atoms with Crippen LogP contribution in [0.1, 0.15) is 39.1 Å². The van der Waals surface area contributed by atoms with Crippen molar-refractivity contribution in [2.24, 2.45) is 0 Å². The van der Waals surface area contributed by atoms with Gasteiger partial charge in [-0.15, -0.1) is 0 Å². The smallest absolute Gasteiger partial charge is 0.335 e. The van der Waals surface area contributed by atoms with Gasteiger partial charge in [0.2, 0.25) is 10.0 Å². The van der Waals surface area contributed by atoms with Gasteiger partial charge in [-0.05, 0) is 60.9 Å². The highest BCUT2D eigenvalue weighted by Crippen LogP contribution is 2.34. The second-order valence-corrected chi connectivity index (χ2v) is 10.8. The van der Waals surface area contributed by atoms with Crippen molar-refractivity contribution in [2.45, 2.75) is 30.3 Å². The minimum absolute atomic E-state index is 0.0320. The summed E-state index contributed by atoms with van der Waals surface area (Å²) in [7, 11) is -3.93. The molecule has 37 heavy (non-hydrogen) atoms. The quantitative estimate of drug-likeness (QED) is 0.452. The van der Waals surface area contributed by atoms with Crippen LogP contribution in [0.2, 0.25) is 0 Å². The van der Waals surface area contributed by atoms with Gasteiger partial charge in [0, 0.05) is 6.54 Å². The third kappa shape index (κ3) is 4.73. The predicted octanol–water partition coefficient (Wildman–Crippen LogP) is 3.35. The van der Waals surface area contributed by atoms with Crippen molar-refractivity contribution < 1.29 is 32.6 Å². The SMILES string of the molecule is O=C(O)c1ccc(CN2C(=O)C(=O)c3cc(S(=O)(=O)N4CCCC4COc4ccccc4)ccc32)cc1. The molecule has 1 unspecified atom stereocenters. The summed E-state index contributed by atoms with van der Waals surface area (Å²) in [5, 5.41) is 9.07. The molecule has 0 aliphatic carbocycles. The predicted molar refractivity (Wildman–Crippen MR) is 134 cm³/mol. The molecule has 1 fully saturated rings. The molecule has 0 aromatic heterocycles. The van der Waals surface area contributed by atoms with Crippen molar-refractivity contribution in [3.8, 4) is 5.75 Å². The summed E-state index contributed by atoms with van der Waals surface area (Å²) in [5.41, 5.74) is 1.09. The fourth-order valence-corrected chi connectivity index (χ4v) is 6.37. The Balaban J connectivity index is 1.36. The number of anilines is 1. The van der Waals surface area contributed by atoms with Gasteiger partial charge in [0.1, 0.15) is 12.4 Å². The van der Waals surface area contributed by atoms with Crippen LogP contribution in [0.25, 0.3) is 0 Å². The zero-order valence-electron chi connectivity index (χ0n) is 19.7. The highest BCUT2D eigenvalue weighted by Gasteiger charge is 2.40. The number of carboxylic acids is 1. The van der Waals surface area contributed by atoms with E-state index in [9.17, 15) is 22.8 Å². The van der Waals surface area contributed by atoms with Crippen molar-refractivity contribution in [3.63, 3.8) is 0 Å². The van der Waals surface area contributed by atoms with Crippen LogP contribution in [0, 0.1) is 0 Å². The zero-order valence-corrected chi connectivity index (χ0v) is 20.6. The lowest BCUT2D eigenvalue weighted by atomic mass is 10.1. The Hall–Kier alpha value is -4.02. The number of ether oxygens (including phenoxy) is 1. The molecule has 1 atom stereocenters. The van der Waals surface area contributed by atoms with Crippen LogP contribution in [0.4, 0.5) is 5.69 Å². The fourth-order valence-electron chi connectivity index (χ4n) is 4.67. The molecule has 1 amide bonds. The normalized spacial score (nSPS) is 17.7. The van der Waals surface area contributed by atoms with Crippen molar-refractivity contribution in [1.29, 1.82) is 0 Å². The zero-order chi connectivity index (χ0) is 26.2. The average Bonchev–Trinajstić information content (AvgIpc) is 3.48. The second kappa shape index (κ2) is 9.79. The minimum Gasteiger partial charge on any atom is -0.492 e. The number of carbonyl (C=O) groups is 3. The van der Waals surface area contributed by atoms with E-state index in [1.807, 2.05) is 30.3 Å². The third-order valence-electron chi connectivity index (χ3n) is 6.60. The molecule has 0 saturated carbocycles. The number of fused-ring (bicyclic) bond motifs is 1. The van der Waals surface area contributed by atoms with E-state index in [2.05, 4.69) is 0 Å². The number of carboxylic acid groups (broad SMARTS) is 1. The van der Waals surface area contributed by atoms with Gasteiger partial charge >= 0.3 is 5.97 Å². The number of nitrogens with zero attached hydrogens (tertiary/aromatic N) is 2. The van der Waals surface area contributed by atoms with Crippen molar-refractivity contribution in [1.82, 2.24) is 4.31 Å². The molecule has 1 N–H and O–H groups in total. The number of aromatic carboxylic acids is 1. The molecule has 5 rings (SSSR count). The summed E-state index contributed by atoms with van der Waals surface area (Å²) >= 11 is 0. The Kier molecular flexibility index (Phi) is 6.53. The number of rotatable bonds is 8. The lowest BCUT2D eigenvalue weighted by molar-refractivity contribution is -0.114. The summed E-state index contributed by atoms with van der Waals surface area (Å²) in [5.74, 6) is -1.95. The topological polar surface area (TPSA) is 121 Å². The van der Waals surface area contributed by atoms with Crippen LogP contribution < -0.4 is 9.64 Å². The van der Waals surface area contributed by atoms with E-state index in [4.69, 9.17) is 9.84 Å². The van der Waals surface area contributed by atoms with E-state index < -0.39 is 27.7 Å². The Bertz CT molecular complexity index is 1470. The largest absolute Gasteiger partial charge is 0.492 e. The summed E-state index contributed by atoms with van der Waals surface area (Å²) in [6.45, 7) is 0.599. The van der Waals surface area contributed by atoms with Gasteiger partial charge in [-0.2, -0.15) is 4.31 Å². The molecule has 0 spiro atoms. The molecular formula is C27H24N2O7S. The number of hydrogen-bond donors (Lipinski definition) is 1. The van der Waals surface area contributed by atoms with Crippen molar-refractivity contribution in [2.75, 3.05) is 18.1 Å². The third-order valence-corrected chi connectivity index (χ3v) is 8.55. The van der Waals surface area contributed by atoms with Crippen LogP contribution in [0.3, 0.4) is 0 Å². The maximum atomic E-state index is 13.5. The highest BCUT2D eigenvalue weighted by atomic mass is 32.2. The Morgan fingerprint density at radius 1 is 1.00 bits per heavy atom. The fraction of sp³-hybridized carbons (Fsp3) is 0.222. The van der Waals surface area contributed by atoms with E-state index in [0.717, 1.165) is 0 Å². The molecular weight excluding hydrogens is 496 g/mol. The minimum atomic E-state index is -3.93. The number of carbonyl (C=O) groups excluding carboxylic acids is 2. The van der Waals surface area contributed by atoms with E-state index >= 15 is 0 Å². The van der Waals surface area contributed by atoms with Gasteiger partial charge in [-0.1, -0.05) is 30.3 Å². The first-order chi connectivity index (χ1) is 17.8. The molecule has 10 heteroatoms. The molecule has 3 aromatic carbocycles. The molecule has 2 aliphatic heterocycles. The number of benzene rings is 3. The number of sulfonamides is 1. The molecule has 1 saturated heterocycles. The molecule has 0 bridgehead atoms. The molecule has 3 aromatic rings. The average molecular weight is 521 g/mol. The van der Waals surface area contributed by atoms with Crippen LogP contribution in [-0.2, 0) is 21.4 Å². The first-order valence-corrected chi connectivity index (χ1v) is 13.2.